The van der Waals surface area contributed by atoms with Gasteiger partial charge in [0, 0.05) is 24.8 Å². The molecule has 1 saturated heterocycles. The van der Waals surface area contributed by atoms with Crippen LogP contribution < -0.4 is 0 Å². The SMILES string of the molecule is CCc1cnc2c3cc(F)c(Cl)cc3n([C@H](c3ccccc3)C3CCOCC3)c2c1. The summed E-state index contributed by atoms with van der Waals surface area (Å²) in [7, 11) is 0. The van der Waals surface area contributed by atoms with Crippen molar-refractivity contribution >= 4 is 33.5 Å². The maximum absolute atomic E-state index is 14.4. The third-order valence-corrected chi connectivity index (χ3v) is 6.57. The molecule has 30 heavy (non-hydrogen) atoms. The van der Waals surface area contributed by atoms with E-state index in [1.165, 1.54) is 11.6 Å². The van der Waals surface area contributed by atoms with Crippen molar-refractivity contribution in [3.63, 3.8) is 0 Å². The van der Waals surface area contributed by atoms with Gasteiger partial charge in [-0.05, 0) is 54.5 Å². The van der Waals surface area contributed by atoms with Crippen molar-refractivity contribution in [3.05, 3.63) is 76.7 Å². The van der Waals surface area contributed by atoms with E-state index in [2.05, 4.69) is 41.8 Å². The van der Waals surface area contributed by atoms with Crippen molar-refractivity contribution in [1.82, 2.24) is 9.55 Å². The highest BCUT2D eigenvalue weighted by atomic mass is 35.5. The van der Waals surface area contributed by atoms with Gasteiger partial charge in [0.05, 0.1) is 27.6 Å². The Morgan fingerprint density at radius 2 is 1.90 bits per heavy atom. The molecular formula is C25H24ClFN2O. The van der Waals surface area contributed by atoms with Gasteiger partial charge in [0.2, 0.25) is 0 Å². The van der Waals surface area contributed by atoms with Crippen LogP contribution >= 0.6 is 11.6 Å². The molecule has 1 fully saturated rings. The lowest BCUT2D eigenvalue weighted by Crippen LogP contribution is -2.26. The maximum Gasteiger partial charge on any atom is 0.142 e. The van der Waals surface area contributed by atoms with Crippen molar-refractivity contribution in [1.29, 1.82) is 0 Å². The second kappa shape index (κ2) is 8.01. The van der Waals surface area contributed by atoms with Gasteiger partial charge in [-0.25, -0.2) is 4.39 Å². The fourth-order valence-corrected chi connectivity index (χ4v) is 4.91. The minimum Gasteiger partial charge on any atom is -0.381 e. The zero-order valence-electron chi connectivity index (χ0n) is 16.9. The summed E-state index contributed by atoms with van der Waals surface area (Å²) in [5.41, 5.74) is 5.19. The molecule has 0 N–H and O–H groups in total. The van der Waals surface area contributed by atoms with Gasteiger partial charge < -0.3 is 9.30 Å². The topological polar surface area (TPSA) is 27.1 Å². The molecule has 1 aliphatic rings. The van der Waals surface area contributed by atoms with Crippen LogP contribution in [0.1, 0.15) is 36.9 Å². The van der Waals surface area contributed by atoms with E-state index < -0.39 is 5.82 Å². The molecule has 3 heterocycles. The van der Waals surface area contributed by atoms with Gasteiger partial charge in [0.25, 0.3) is 0 Å². The largest absolute Gasteiger partial charge is 0.381 e. The number of ether oxygens (including phenoxy) is 1. The van der Waals surface area contributed by atoms with E-state index in [1.807, 2.05) is 12.3 Å². The first-order chi connectivity index (χ1) is 14.7. The second-order valence-corrected chi connectivity index (χ2v) is 8.43. The number of aromatic nitrogens is 2. The van der Waals surface area contributed by atoms with Gasteiger partial charge in [-0.1, -0.05) is 48.9 Å². The molecule has 0 spiro atoms. The van der Waals surface area contributed by atoms with E-state index in [-0.39, 0.29) is 11.1 Å². The molecule has 1 aliphatic heterocycles. The molecule has 154 valence electrons. The number of benzene rings is 2. The summed E-state index contributed by atoms with van der Waals surface area (Å²) >= 11 is 6.25. The first-order valence-corrected chi connectivity index (χ1v) is 11.0. The number of halogens is 2. The van der Waals surface area contributed by atoms with Crippen LogP contribution in [0.4, 0.5) is 4.39 Å². The second-order valence-electron chi connectivity index (χ2n) is 8.02. The predicted octanol–water partition coefficient (Wildman–Crippen LogP) is 6.56. The van der Waals surface area contributed by atoms with Crippen LogP contribution in [0.3, 0.4) is 0 Å². The minimum absolute atomic E-state index is 0.102. The predicted molar refractivity (Wildman–Crippen MR) is 120 cm³/mol. The highest BCUT2D eigenvalue weighted by molar-refractivity contribution is 6.31. The van der Waals surface area contributed by atoms with Gasteiger partial charge in [0.15, 0.2) is 0 Å². The van der Waals surface area contributed by atoms with Crippen LogP contribution in [0.2, 0.25) is 5.02 Å². The number of rotatable bonds is 4. The lowest BCUT2D eigenvalue weighted by atomic mass is 9.86. The maximum atomic E-state index is 14.4. The molecule has 0 saturated carbocycles. The molecule has 0 unspecified atom stereocenters. The number of hydrogen-bond acceptors (Lipinski definition) is 2. The Labute approximate surface area is 180 Å². The molecule has 0 radical (unpaired) electrons. The molecular weight excluding hydrogens is 399 g/mol. The van der Waals surface area contributed by atoms with Crippen LogP contribution in [0.15, 0.2) is 54.7 Å². The Morgan fingerprint density at radius 1 is 1.13 bits per heavy atom. The lowest BCUT2D eigenvalue weighted by molar-refractivity contribution is 0.0553. The van der Waals surface area contributed by atoms with Crippen molar-refractivity contribution in [3.8, 4) is 0 Å². The fraction of sp³-hybridized carbons (Fsp3) is 0.320. The van der Waals surface area contributed by atoms with Crippen LogP contribution in [0, 0.1) is 11.7 Å². The van der Waals surface area contributed by atoms with E-state index >= 15 is 0 Å². The fourth-order valence-electron chi connectivity index (χ4n) is 4.75. The van der Waals surface area contributed by atoms with E-state index in [4.69, 9.17) is 21.3 Å². The summed E-state index contributed by atoms with van der Waals surface area (Å²) < 4.78 is 22.4. The molecule has 0 bridgehead atoms. The minimum atomic E-state index is -0.410. The number of pyridine rings is 1. The normalized spacial score (nSPS) is 16.4. The molecule has 5 heteroatoms. The van der Waals surface area contributed by atoms with E-state index in [1.54, 1.807) is 6.07 Å². The van der Waals surface area contributed by atoms with Gasteiger partial charge in [0.1, 0.15) is 5.82 Å². The molecule has 5 rings (SSSR count). The highest BCUT2D eigenvalue weighted by Gasteiger charge is 2.30. The number of fused-ring (bicyclic) bond motifs is 3. The third-order valence-electron chi connectivity index (χ3n) is 6.28. The van der Waals surface area contributed by atoms with E-state index in [0.717, 1.165) is 60.0 Å². The monoisotopic (exact) mass is 422 g/mol. The first kappa shape index (κ1) is 19.5. The standard InChI is InChI=1S/C25H24ClFN2O/c1-2-16-12-23-24(28-15-16)19-13-21(27)20(26)14-22(19)29(23)25(17-6-4-3-5-7-17)18-8-10-30-11-9-18/h3-7,12-15,18,25H,2,8-11H2,1H3/t25-/m1/s1. The summed E-state index contributed by atoms with van der Waals surface area (Å²) in [4.78, 5) is 4.74. The highest BCUT2D eigenvalue weighted by Crippen LogP contribution is 2.41. The third kappa shape index (κ3) is 3.28. The van der Waals surface area contributed by atoms with Crippen LogP contribution in [0.5, 0.6) is 0 Å². The Morgan fingerprint density at radius 3 is 2.63 bits per heavy atom. The van der Waals surface area contributed by atoms with Crippen molar-refractivity contribution in [2.75, 3.05) is 13.2 Å². The summed E-state index contributed by atoms with van der Waals surface area (Å²) in [6, 6.07) is 16.2. The molecule has 0 amide bonds. The van der Waals surface area contributed by atoms with Crippen LogP contribution in [-0.4, -0.2) is 22.8 Å². The van der Waals surface area contributed by atoms with Gasteiger partial charge in [-0.3, -0.25) is 4.98 Å². The van der Waals surface area contributed by atoms with Crippen molar-refractivity contribution in [2.45, 2.75) is 32.2 Å². The summed E-state index contributed by atoms with van der Waals surface area (Å²) in [5.74, 6) is 0.000901. The summed E-state index contributed by atoms with van der Waals surface area (Å²) in [6.07, 6.45) is 4.75. The Balaban J connectivity index is 1.85. The smallest absolute Gasteiger partial charge is 0.142 e. The molecule has 1 atom stereocenters. The van der Waals surface area contributed by atoms with E-state index in [9.17, 15) is 4.39 Å². The Hall–Kier alpha value is -2.43. The Bertz CT molecular complexity index is 1200. The first-order valence-electron chi connectivity index (χ1n) is 10.6. The summed E-state index contributed by atoms with van der Waals surface area (Å²) in [5, 5.41) is 0.948. The number of aryl methyl sites for hydroxylation is 1. The molecule has 0 aliphatic carbocycles. The average Bonchev–Trinajstić information content (AvgIpc) is 3.08. The van der Waals surface area contributed by atoms with Crippen molar-refractivity contribution in [2.24, 2.45) is 5.92 Å². The number of nitrogens with zero attached hydrogens (tertiary/aromatic N) is 2. The molecule has 2 aromatic heterocycles. The molecule has 3 nitrogen and oxygen atoms in total. The van der Waals surface area contributed by atoms with E-state index in [0.29, 0.717) is 5.92 Å². The average molecular weight is 423 g/mol. The van der Waals surface area contributed by atoms with Crippen molar-refractivity contribution < 1.29 is 9.13 Å². The van der Waals surface area contributed by atoms with Crippen LogP contribution in [-0.2, 0) is 11.2 Å². The van der Waals surface area contributed by atoms with Gasteiger partial charge in [-0.15, -0.1) is 0 Å². The van der Waals surface area contributed by atoms with Gasteiger partial charge >= 0.3 is 0 Å². The summed E-state index contributed by atoms with van der Waals surface area (Å²) in [6.45, 7) is 3.65. The zero-order chi connectivity index (χ0) is 20.7. The zero-order valence-corrected chi connectivity index (χ0v) is 17.7. The molecule has 4 aromatic rings. The van der Waals surface area contributed by atoms with Gasteiger partial charge in [-0.2, -0.15) is 0 Å². The number of hydrogen-bond donors (Lipinski definition) is 0. The molecule has 2 aromatic carbocycles. The van der Waals surface area contributed by atoms with Crippen LogP contribution in [0.25, 0.3) is 21.9 Å². The quantitative estimate of drug-likeness (QED) is 0.372. The Kier molecular flexibility index (Phi) is 5.21. The lowest BCUT2D eigenvalue weighted by Gasteiger charge is -2.33.